The van der Waals surface area contributed by atoms with Gasteiger partial charge >= 0.3 is 0 Å². The summed E-state index contributed by atoms with van der Waals surface area (Å²) in [6.45, 7) is 6.75. The van der Waals surface area contributed by atoms with E-state index in [-0.39, 0.29) is 0 Å². The Labute approximate surface area is 86.6 Å². The van der Waals surface area contributed by atoms with Crippen LogP contribution in [0.2, 0.25) is 0 Å². The average Bonchev–Trinajstić information content (AvgIpc) is 2.62. The SMILES string of the molecule is COC1CNC(CNC2CC2(C)C)C1. The molecule has 0 amide bonds. The summed E-state index contributed by atoms with van der Waals surface area (Å²) in [5, 5.41) is 7.10. The van der Waals surface area contributed by atoms with Crippen molar-refractivity contribution >= 4 is 0 Å². The third kappa shape index (κ3) is 2.27. The molecule has 1 aliphatic carbocycles. The lowest BCUT2D eigenvalue weighted by Gasteiger charge is -2.12. The predicted octanol–water partition coefficient (Wildman–Crippen LogP) is 0.751. The zero-order valence-corrected chi connectivity index (χ0v) is 9.47. The molecule has 2 rings (SSSR count). The topological polar surface area (TPSA) is 33.3 Å². The van der Waals surface area contributed by atoms with Crippen LogP contribution in [0.3, 0.4) is 0 Å². The summed E-state index contributed by atoms with van der Waals surface area (Å²) in [4.78, 5) is 0. The zero-order valence-electron chi connectivity index (χ0n) is 9.47. The minimum atomic E-state index is 0.425. The molecular weight excluding hydrogens is 176 g/mol. The van der Waals surface area contributed by atoms with E-state index in [1.807, 2.05) is 0 Å². The summed E-state index contributed by atoms with van der Waals surface area (Å²) in [6, 6.07) is 1.35. The molecule has 82 valence electrons. The normalized spacial score (nSPS) is 40.1. The van der Waals surface area contributed by atoms with Gasteiger partial charge in [0, 0.05) is 32.3 Å². The van der Waals surface area contributed by atoms with Crippen LogP contribution < -0.4 is 10.6 Å². The highest BCUT2D eigenvalue weighted by atomic mass is 16.5. The average molecular weight is 198 g/mol. The number of methoxy groups -OCH3 is 1. The van der Waals surface area contributed by atoms with Crippen molar-refractivity contribution in [2.24, 2.45) is 5.41 Å². The van der Waals surface area contributed by atoms with Gasteiger partial charge in [0.05, 0.1) is 6.10 Å². The van der Waals surface area contributed by atoms with Gasteiger partial charge in [-0.25, -0.2) is 0 Å². The third-order valence-electron chi connectivity index (χ3n) is 3.64. The number of hydrogen-bond acceptors (Lipinski definition) is 3. The van der Waals surface area contributed by atoms with Crippen LogP contribution in [0.15, 0.2) is 0 Å². The number of hydrogen-bond donors (Lipinski definition) is 2. The molecule has 0 aromatic rings. The Morgan fingerprint density at radius 3 is 2.71 bits per heavy atom. The van der Waals surface area contributed by atoms with Crippen molar-refractivity contribution in [2.45, 2.75) is 44.9 Å². The molecular formula is C11H22N2O. The molecule has 0 aromatic carbocycles. The second-order valence-electron chi connectivity index (χ2n) is 5.35. The molecule has 0 spiro atoms. The third-order valence-corrected chi connectivity index (χ3v) is 3.64. The second-order valence-corrected chi connectivity index (χ2v) is 5.35. The lowest BCUT2D eigenvalue weighted by Crippen LogP contribution is -2.36. The zero-order chi connectivity index (χ0) is 10.2. The Morgan fingerprint density at radius 2 is 2.21 bits per heavy atom. The van der Waals surface area contributed by atoms with E-state index in [1.54, 1.807) is 7.11 Å². The molecule has 0 aromatic heterocycles. The summed E-state index contributed by atoms with van der Waals surface area (Å²) >= 11 is 0. The van der Waals surface area contributed by atoms with Gasteiger partial charge in [-0.15, -0.1) is 0 Å². The second kappa shape index (κ2) is 3.80. The van der Waals surface area contributed by atoms with Gasteiger partial charge in [-0.05, 0) is 18.3 Å². The lowest BCUT2D eigenvalue weighted by molar-refractivity contribution is 0.117. The quantitative estimate of drug-likeness (QED) is 0.699. The lowest BCUT2D eigenvalue weighted by atomic mass is 10.1. The van der Waals surface area contributed by atoms with Gasteiger partial charge in [-0.3, -0.25) is 0 Å². The fourth-order valence-electron chi connectivity index (χ4n) is 2.22. The Balaban J connectivity index is 1.63. The van der Waals surface area contributed by atoms with E-state index in [4.69, 9.17) is 4.74 Å². The summed E-state index contributed by atoms with van der Waals surface area (Å²) in [5.41, 5.74) is 0.541. The molecule has 1 saturated carbocycles. The monoisotopic (exact) mass is 198 g/mol. The Kier molecular flexibility index (Phi) is 2.82. The highest BCUT2D eigenvalue weighted by molar-refractivity contribution is 5.02. The predicted molar refractivity (Wildman–Crippen MR) is 57.4 cm³/mol. The Hall–Kier alpha value is -0.120. The fraction of sp³-hybridized carbons (Fsp3) is 1.00. The molecule has 3 unspecified atom stereocenters. The maximum absolute atomic E-state index is 5.31. The first kappa shape index (κ1) is 10.4. The first-order chi connectivity index (χ1) is 6.62. The van der Waals surface area contributed by atoms with E-state index in [2.05, 4.69) is 24.5 Å². The molecule has 0 bridgehead atoms. The van der Waals surface area contributed by atoms with Crippen LogP contribution in [0.4, 0.5) is 0 Å². The van der Waals surface area contributed by atoms with Crippen LogP contribution in [-0.2, 0) is 4.74 Å². The van der Waals surface area contributed by atoms with Crippen molar-refractivity contribution in [3.63, 3.8) is 0 Å². The minimum Gasteiger partial charge on any atom is -0.380 e. The van der Waals surface area contributed by atoms with E-state index in [0.717, 1.165) is 25.6 Å². The van der Waals surface area contributed by atoms with Gasteiger partial charge in [-0.1, -0.05) is 13.8 Å². The molecule has 3 nitrogen and oxygen atoms in total. The van der Waals surface area contributed by atoms with E-state index < -0.39 is 0 Å². The summed E-state index contributed by atoms with van der Waals surface area (Å²) in [5.74, 6) is 0. The molecule has 2 aliphatic rings. The molecule has 14 heavy (non-hydrogen) atoms. The van der Waals surface area contributed by atoms with Crippen molar-refractivity contribution in [3.8, 4) is 0 Å². The van der Waals surface area contributed by atoms with Crippen molar-refractivity contribution in [2.75, 3.05) is 20.2 Å². The highest BCUT2D eigenvalue weighted by Crippen LogP contribution is 2.44. The van der Waals surface area contributed by atoms with Crippen LogP contribution in [0.5, 0.6) is 0 Å². The van der Waals surface area contributed by atoms with Gasteiger partial charge in [0.1, 0.15) is 0 Å². The first-order valence-corrected chi connectivity index (χ1v) is 5.61. The number of nitrogens with one attached hydrogen (secondary N) is 2. The van der Waals surface area contributed by atoms with Gasteiger partial charge in [0.15, 0.2) is 0 Å². The van der Waals surface area contributed by atoms with Crippen LogP contribution in [0.1, 0.15) is 26.7 Å². The van der Waals surface area contributed by atoms with E-state index in [1.165, 1.54) is 6.42 Å². The molecule has 1 heterocycles. The Bertz CT molecular complexity index is 205. The maximum atomic E-state index is 5.31. The molecule has 3 heteroatoms. The molecule has 1 saturated heterocycles. The van der Waals surface area contributed by atoms with E-state index in [0.29, 0.717) is 17.6 Å². The summed E-state index contributed by atoms with van der Waals surface area (Å²) in [6.07, 6.45) is 2.90. The van der Waals surface area contributed by atoms with Crippen molar-refractivity contribution in [1.82, 2.24) is 10.6 Å². The fourth-order valence-corrected chi connectivity index (χ4v) is 2.22. The molecule has 2 N–H and O–H groups in total. The van der Waals surface area contributed by atoms with Crippen molar-refractivity contribution < 1.29 is 4.74 Å². The van der Waals surface area contributed by atoms with Gasteiger partial charge < -0.3 is 15.4 Å². The molecule has 2 fully saturated rings. The van der Waals surface area contributed by atoms with Crippen LogP contribution >= 0.6 is 0 Å². The smallest absolute Gasteiger partial charge is 0.0711 e. The van der Waals surface area contributed by atoms with Crippen LogP contribution in [0.25, 0.3) is 0 Å². The summed E-state index contributed by atoms with van der Waals surface area (Å²) in [7, 11) is 1.80. The van der Waals surface area contributed by atoms with Crippen molar-refractivity contribution in [3.05, 3.63) is 0 Å². The standard InChI is InChI=1S/C11H22N2O/c1-11(2)5-10(11)13-6-8-4-9(14-3)7-12-8/h8-10,12-13H,4-7H2,1-3H3. The maximum Gasteiger partial charge on any atom is 0.0711 e. The summed E-state index contributed by atoms with van der Waals surface area (Å²) < 4.78 is 5.31. The van der Waals surface area contributed by atoms with Gasteiger partial charge in [0.25, 0.3) is 0 Å². The number of rotatable bonds is 4. The van der Waals surface area contributed by atoms with E-state index in [9.17, 15) is 0 Å². The highest BCUT2D eigenvalue weighted by Gasteiger charge is 2.45. The first-order valence-electron chi connectivity index (χ1n) is 5.61. The largest absolute Gasteiger partial charge is 0.380 e. The van der Waals surface area contributed by atoms with Crippen LogP contribution in [0, 0.1) is 5.41 Å². The van der Waals surface area contributed by atoms with Crippen LogP contribution in [-0.4, -0.2) is 38.4 Å². The van der Waals surface area contributed by atoms with Crippen molar-refractivity contribution in [1.29, 1.82) is 0 Å². The minimum absolute atomic E-state index is 0.425. The molecule has 0 radical (unpaired) electrons. The van der Waals surface area contributed by atoms with Gasteiger partial charge in [0.2, 0.25) is 0 Å². The van der Waals surface area contributed by atoms with E-state index >= 15 is 0 Å². The Morgan fingerprint density at radius 1 is 1.50 bits per heavy atom. The van der Waals surface area contributed by atoms with Gasteiger partial charge in [-0.2, -0.15) is 0 Å². The number of ether oxygens (including phenoxy) is 1. The molecule has 3 atom stereocenters. The molecule has 1 aliphatic heterocycles.